The Balaban J connectivity index is 1.92. The van der Waals surface area contributed by atoms with Crippen molar-refractivity contribution in [2.24, 2.45) is 5.92 Å². The molecule has 0 saturated carbocycles. The second-order valence-corrected chi connectivity index (χ2v) is 6.66. The molecular weight excluding hydrogens is 268 g/mol. The number of rotatable bonds is 7. The SMILES string of the molecule is CCCNC(CSc1cc(C)cc(C)n1)C1CCOC1. The van der Waals surface area contributed by atoms with Crippen LogP contribution in [0.5, 0.6) is 0 Å². The quantitative estimate of drug-likeness (QED) is 0.783. The van der Waals surface area contributed by atoms with Gasteiger partial charge in [0.1, 0.15) is 0 Å². The van der Waals surface area contributed by atoms with Gasteiger partial charge in [0.15, 0.2) is 0 Å². The van der Waals surface area contributed by atoms with Crippen LogP contribution in [0.1, 0.15) is 31.0 Å². The molecule has 1 saturated heterocycles. The van der Waals surface area contributed by atoms with Crippen molar-refractivity contribution in [1.29, 1.82) is 0 Å². The number of hydrogen-bond donors (Lipinski definition) is 1. The summed E-state index contributed by atoms with van der Waals surface area (Å²) in [5.74, 6) is 1.73. The molecule has 1 aromatic heterocycles. The van der Waals surface area contributed by atoms with E-state index in [0.717, 1.165) is 36.2 Å². The highest BCUT2D eigenvalue weighted by molar-refractivity contribution is 7.99. The second-order valence-electron chi connectivity index (χ2n) is 5.62. The summed E-state index contributed by atoms with van der Waals surface area (Å²) in [6.45, 7) is 9.32. The Bertz CT molecular complexity index is 399. The van der Waals surface area contributed by atoms with Crippen LogP contribution < -0.4 is 5.32 Å². The van der Waals surface area contributed by atoms with E-state index in [9.17, 15) is 0 Å². The lowest BCUT2D eigenvalue weighted by atomic mass is 10.0. The first-order chi connectivity index (χ1) is 9.69. The first kappa shape index (κ1) is 15.8. The molecule has 0 spiro atoms. The van der Waals surface area contributed by atoms with E-state index in [0.29, 0.717) is 12.0 Å². The Morgan fingerprint density at radius 2 is 2.30 bits per heavy atom. The van der Waals surface area contributed by atoms with E-state index in [4.69, 9.17) is 4.74 Å². The normalized spacial score (nSPS) is 20.2. The fraction of sp³-hybridized carbons (Fsp3) is 0.688. The minimum atomic E-state index is 0.532. The van der Waals surface area contributed by atoms with Crippen LogP contribution in [0.4, 0.5) is 0 Å². The van der Waals surface area contributed by atoms with Gasteiger partial charge in [-0.1, -0.05) is 6.92 Å². The minimum Gasteiger partial charge on any atom is -0.381 e. The van der Waals surface area contributed by atoms with Crippen molar-refractivity contribution in [2.75, 3.05) is 25.5 Å². The number of aryl methyl sites for hydroxylation is 2. The fourth-order valence-electron chi connectivity index (χ4n) is 2.61. The van der Waals surface area contributed by atoms with Gasteiger partial charge in [-0.15, -0.1) is 11.8 Å². The average molecular weight is 294 g/mol. The summed E-state index contributed by atoms with van der Waals surface area (Å²) in [6, 6.07) is 4.84. The van der Waals surface area contributed by atoms with Crippen molar-refractivity contribution in [3.63, 3.8) is 0 Å². The summed E-state index contributed by atoms with van der Waals surface area (Å²) in [6.07, 6.45) is 2.36. The van der Waals surface area contributed by atoms with E-state index in [1.165, 1.54) is 18.4 Å². The molecule has 2 rings (SSSR count). The van der Waals surface area contributed by atoms with Crippen molar-refractivity contribution in [2.45, 2.75) is 44.7 Å². The van der Waals surface area contributed by atoms with Crippen molar-refractivity contribution >= 4 is 11.8 Å². The number of pyridine rings is 1. The number of aromatic nitrogens is 1. The van der Waals surface area contributed by atoms with Gasteiger partial charge in [-0.25, -0.2) is 4.98 Å². The maximum atomic E-state index is 5.54. The zero-order valence-electron chi connectivity index (χ0n) is 12.8. The third-order valence-corrected chi connectivity index (χ3v) is 4.71. The van der Waals surface area contributed by atoms with E-state index in [-0.39, 0.29) is 0 Å². The van der Waals surface area contributed by atoms with Gasteiger partial charge >= 0.3 is 0 Å². The van der Waals surface area contributed by atoms with Gasteiger partial charge < -0.3 is 10.1 Å². The highest BCUT2D eigenvalue weighted by Crippen LogP contribution is 2.24. The van der Waals surface area contributed by atoms with Gasteiger partial charge in [-0.3, -0.25) is 0 Å². The van der Waals surface area contributed by atoms with Crippen LogP contribution >= 0.6 is 11.8 Å². The topological polar surface area (TPSA) is 34.2 Å². The van der Waals surface area contributed by atoms with Crippen LogP contribution in [0, 0.1) is 19.8 Å². The number of hydrogen-bond acceptors (Lipinski definition) is 4. The van der Waals surface area contributed by atoms with Gasteiger partial charge in [0.2, 0.25) is 0 Å². The Labute approximate surface area is 126 Å². The molecule has 4 heteroatoms. The molecule has 2 heterocycles. The van der Waals surface area contributed by atoms with Gasteiger partial charge in [-0.2, -0.15) is 0 Å². The predicted molar refractivity (Wildman–Crippen MR) is 85.4 cm³/mol. The lowest BCUT2D eigenvalue weighted by molar-refractivity contribution is 0.179. The molecule has 1 aromatic rings. The molecule has 0 bridgehead atoms. The van der Waals surface area contributed by atoms with Crippen LogP contribution in [-0.4, -0.2) is 36.5 Å². The number of ether oxygens (including phenoxy) is 1. The number of nitrogens with one attached hydrogen (secondary N) is 1. The molecular formula is C16H26N2OS. The summed E-state index contributed by atoms with van der Waals surface area (Å²) in [4.78, 5) is 4.62. The fourth-order valence-corrected chi connectivity index (χ4v) is 3.83. The molecule has 1 fully saturated rings. The highest BCUT2D eigenvalue weighted by Gasteiger charge is 2.25. The smallest absolute Gasteiger partial charge is 0.0966 e. The molecule has 2 unspecified atom stereocenters. The largest absolute Gasteiger partial charge is 0.381 e. The monoisotopic (exact) mass is 294 g/mol. The Morgan fingerprint density at radius 1 is 1.45 bits per heavy atom. The van der Waals surface area contributed by atoms with Crippen molar-refractivity contribution < 1.29 is 4.74 Å². The third-order valence-electron chi connectivity index (χ3n) is 3.68. The molecule has 2 atom stereocenters. The molecule has 0 amide bonds. The zero-order chi connectivity index (χ0) is 14.4. The second kappa shape index (κ2) is 8.01. The van der Waals surface area contributed by atoms with E-state index in [1.54, 1.807) is 0 Å². The van der Waals surface area contributed by atoms with Crippen molar-refractivity contribution in [1.82, 2.24) is 10.3 Å². The molecule has 3 nitrogen and oxygen atoms in total. The summed E-state index contributed by atoms with van der Waals surface area (Å²) >= 11 is 1.86. The third kappa shape index (κ3) is 4.76. The van der Waals surface area contributed by atoms with Crippen LogP contribution in [0.25, 0.3) is 0 Å². The Kier molecular flexibility index (Phi) is 6.33. The van der Waals surface area contributed by atoms with E-state index in [1.807, 2.05) is 11.8 Å². The molecule has 1 aliphatic heterocycles. The Morgan fingerprint density at radius 3 is 2.95 bits per heavy atom. The van der Waals surface area contributed by atoms with Crippen LogP contribution in [-0.2, 0) is 4.74 Å². The lowest BCUT2D eigenvalue weighted by Crippen LogP contribution is -2.39. The minimum absolute atomic E-state index is 0.532. The van der Waals surface area contributed by atoms with Crippen molar-refractivity contribution in [3.8, 4) is 0 Å². The Hall–Kier alpha value is -0.580. The molecule has 0 aliphatic carbocycles. The van der Waals surface area contributed by atoms with Crippen LogP contribution in [0.3, 0.4) is 0 Å². The average Bonchev–Trinajstić information content (AvgIpc) is 2.91. The standard InChI is InChI=1S/C16H26N2OS/c1-4-6-17-15(14-5-7-19-10-14)11-20-16-9-12(2)8-13(3)18-16/h8-9,14-15,17H,4-7,10-11H2,1-3H3. The molecule has 0 radical (unpaired) electrons. The lowest BCUT2D eigenvalue weighted by Gasteiger charge is -2.23. The van der Waals surface area contributed by atoms with Gasteiger partial charge in [-0.05, 0) is 50.9 Å². The molecule has 20 heavy (non-hydrogen) atoms. The molecule has 112 valence electrons. The van der Waals surface area contributed by atoms with Crippen LogP contribution in [0.2, 0.25) is 0 Å². The molecule has 1 aliphatic rings. The van der Waals surface area contributed by atoms with E-state index in [2.05, 4.69) is 43.2 Å². The van der Waals surface area contributed by atoms with Gasteiger partial charge in [0.25, 0.3) is 0 Å². The van der Waals surface area contributed by atoms with Gasteiger partial charge in [0, 0.05) is 30.0 Å². The molecule has 1 N–H and O–H groups in total. The van der Waals surface area contributed by atoms with Crippen molar-refractivity contribution in [3.05, 3.63) is 23.4 Å². The van der Waals surface area contributed by atoms with E-state index < -0.39 is 0 Å². The zero-order valence-corrected chi connectivity index (χ0v) is 13.6. The summed E-state index contributed by atoms with van der Waals surface area (Å²) in [5.41, 5.74) is 2.40. The first-order valence-electron chi connectivity index (χ1n) is 7.58. The maximum Gasteiger partial charge on any atom is 0.0966 e. The molecule has 0 aromatic carbocycles. The van der Waals surface area contributed by atoms with Crippen LogP contribution in [0.15, 0.2) is 17.2 Å². The van der Waals surface area contributed by atoms with E-state index >= 15 is 0 Å². The number of nitrogens with zero attached hydrogens (tertiary/aromatic N) is 1. The predicted octanol–water partition coefficient (Wildman–Crippen LogP) is 3.20. The van der Waals surface area contributed by atoms with Gasteiger partial charge in [0.05, 0.1) is 11.6 Å². The number of thioether (sulfide) groups is 1. The summed E-state index contributed by atoms with van der Waals surface area (Å²) in [5, 5.41) is 4.83. The highest BCUT2D eigenvalue weighted by atomic mass is 32.2. The summed E-state index contributed by atoms with van der Waals surface area (Å²) in [7, 11) is 0. The first-order valence-corrected chi connectivity index (χ1v) is 8.57. The summed E-state index contributed by atoms with van der Waals surface area (Å²) < 4.78 is 5.54. The maximum absolute atomic E-state index is 5.54.